The molecule has 1 aliphatic rings. The summed E-state index contributed by atoms with van der Waals surface area (Å²) >= 11 is 0. The molecule has 0 amide bonds. The number of aromatic nitrogens is 1. The highest BCUT2D eigenvalue weighted by Gasteiger charge is 2.22. The van der Waals surface area contributed by atoms with Crippen molar-refractivity contribution < 1.29 is 14.3 Å². The molecule has 1 saturated heterocycles. The molecular weight excluding hydrogens is 268 g/mol. The summed E-state index contributed by atoms with van der Waals surface area (Å²) in [6.45, 7) is 10.1. The van der Waals surface area contributed by atoms with Crippen molar-refractivity contribution in [1.82, 2.24) is 9.88 Å². The first-order chi connectivity index (χ1) is 10.0. The van der Waals surface area contributed by atoms with Crippen molar-refractivity contribution in [3.8, 4) is 0 Å². The third kappa shape index (κ3) is 5.10. The van der Waals surface area contributed by atoms with Crippen LogP contribution in [0.1, 0.15) is 29.8 Å². The van der Waals surface area contributed by atoms with Gasteiger partial charge in [0.05, 0.1) is 12.2 Å². The van der Waals surface area contributed by atoms with Crippen LogP contribution in [0.15, 0.2) is 18.5 Å². The molecule has 0 unspecified atom stereocenters. The van der Waals surface area contributed by atoms with E-state index in [4.69, 9.17) is 9.47 Å². The molecule has 1 atom stereocenters. The Morgan fingerprint density at radius 1 is 1.52 bits per heavy atom. The number of hydrogen-bond donors (Lipinski definition) is 0. The molecule has 2 rings (SSSR count). The number of ether oxygens (including phenoxy) is 2. The van der Waals surface area contributed by atoms with Gasteiger partial charge in [0, 0.05) is 32.0 Å². The lowest BCUT2D eigenvalue weighted by molar-refractivity contribution is -0.0612. The highest BCUT2D eigenvalue weighted by molar-refractivity contribution is 5.89. The summed E-state index contributed by atoms with van der Waals surface area (Å²) < 4.78 is 11.0. The Balaban J connectivity index is 1.81. The Morgan fingerprint density at radius 2 is 2.33 bits per heavy atom. The van der Waals surface area contributed by atoms with Gasteiger partial charge in [0.2, 0.25) is 0 Å². The molecule has 0 spiro atoms. The number of hydrogen-bond acceptors (Lipinski definition) is 5. The van der Waals surface area contributed by atoms with Crippen LogP contribution in [0.2, 0.25) is 0 Å². The van der Waals surface area contributed by atoms with Gasteiger partial charge in [-0.05, 0) is 24.5 Å². The Hall–Kier alpha value is -1.46. The molecule has 0 aliphatic carbocycles. The number of nitrogens with zero attached hydrogens (tertiary/aromatic N) is 2. The third-order valence-electron chi connectivity index (χ3n) is 3.36. The second-order valence-electron chi connectivity index (χ2n) is 6.00. The minimum Gasteiger partial charge on any atom is -0.459 e. The molecule has 1 fully saturated rings. The standard InChI is InChI=1S/C16H24N2O3/c1-12(2)9-18-4-5-20-15(10-18)11-21-16(19)14-6-13(3)7-17-8-14/h6-8,12,15H,4-5,9-11H2,1-3H3/t15-/m0/s1. The van der Waals surface area contributed by atoms with E-state index in [-0.39, 0.29) is 12.1 Å². The maximum Gasteiger partial charge on any atom is 0.339 e. The monoisotopic (exact) mass is 292 g/mol. The lowest BCUT2D eigenvalue weighted by Crippen LogP contribution is -2.45. The Labute approximate surface area is 126 Å². The SMILES string of the molecule is Cc1cncc(C(=O)OC[C@@H]2CN(CC(C)C)CCO2)c1. The van der Waals surface area contributed by atoms with Crippen LogP contribution in [0, 0.1) is 12.8 Å². The average Bonchev–Trinajstić information content (AvgIpc) is 2.44. The number of esters is 1. The van der Waals surface area contributed by atoms with E-state index in [1.54, 1.807) is 12.3 Å². The van der Waals surface area contributed by atoms with Gasteiger partial charge in [-0.25, -0.2) is 4.79 Å². The lowest BCUT2D eigenvalue weighted by Gasteiger charge is -2.33. The average molecular weight is 292 g/mol. The minimum atomic E-state index is -0.337. The van der Waals surface area contributed by atoms with E-state index in [1.807, 2.05) is 6.92 Å². The molecular formula is C16H24N2O3. The molecule has 0 N–H and O–H groups in total. The summed E-state index contributed by atoms with van der Waals surface area (Å²) in [6.07, 6.45) is 3.20. The van der Waals surface area contributed by atoms with Gasteiger partial charge in [-0.3, -0.25) is 9.88 Å². The summed E-state index contributed by atoms with van der Waals surface area (Å²) in [5.74, 6) is 0.292. The minimum absolute atomic E-state index is 0.0424. The quantitative estimate of drug-likeness (QED) is 0.776. The second kappa shape index (κ2) is 7.52. The number of carbonyl (C=O) groups excluding carboxylic acids is 1. The van der Waals surface area contributed by atoms with E-state index in [1.165, 1.54) is 6.20 Å². The van der Waals surface area contributed by atoms with E-state index in [9.17, 15) is 4.79 Å². The highest BCUT2D eigenvalue weighted by atomic mass is 16.6. The number of aryl methyl sites for hydroxylation is 1. The molecule has 1 aliphatic heterocycles. The van der Waals surface area contributed by atoms with Crippen molar-refractivity contribution in [2.45, 2.75) is 26.9 Å². The van der Waals surface area contributed by atoms with E-state index < -0.39 is 0 Å². The molecule has 0 aromatic carbocycles. The van der Waals surface area contributed by atoms with Crippen LogP contribution in [-0.4, -0.2) is 54.8 Å². The van der Waals surface area contributed by atoms with Crippen molar-refractivity contribution in [1.29, 1.82) is 0 Å². The molecule has 1 aromatic heterocycles. The summed E-state index contributed by atoms with van der Waals surface area (Å²) in [4.78, 5) is 18.3. The molecule has 2 heterocycles. The maximum absolute atomic E-state index is 12.0. The van der Waals surface area contributed by atoms with E-state index in [0.29, 0.717) is 24.7 Å². The topological polar surface area (TPSA) is 51.7 Å². The van der Waals surface area contributed by atoms with Gasteiger partial charge in [0.1, 0.15) is 12.7 Å². The van der Waals surface area contributed by atoms with Crippen LogP contribution in [0.5, 0.6) is 0 Å². The van der Waals surface area contributed by atoms with Crippen LogP contribution in [-0.2, 0) is 9.47 Å². The van der Waals surface area contributed by atoms with Crippen LogP contribution >= 0.6 is 0 Å². The molecule has 5 heteroatoms. The predicted molar refractivity (Wildman–Crippen MR) is 80.3 cm³/mol. The van der Waals surface area contributed by atoms with Crippen molar-refractivity contribution in [3.05, 3.63) is 29.6 Å². The van der Waals surface area contributed by atoms with Crippen molar-refractivity contribution >= 4 is 5.97 Å². The Morgan fingerprint density at radius 3 is 3.05 bits per heavy atom. The lowest BCUT2D eigenvalue weighted by atomic mass is 10.2. The number of morpholine rings is 1. The van der Waals surface area contributed by atoms with Crippen molar-refractivity contribution in [3.63, 3.8) is 0 Å². The van der Waals surface area contributed by atoms with Crippen molar-refractivity contribution in [2.24, 2.45) is 5.92 Å². The summed E-state index contributed by atoms with van der Waals surface area (Å²) in [6, 6.07) is 1.78. The van der Waals surface area contributed by atoms with Gasteiger partial charge in [-0.1, -0.05) is 13.8 Å². The summed E-state index contributed by atoms with van der Waals surface area (Å²) in [5.41, 5.74) is 1.44. The first-order valence-electron chi connectivity index (χ1n) is 7.47. The third-order valence-corrected chi connectivity index (χ3v) is 3.36. The first-order valence-corrected chi connectivity index (χ1v) is 7.47. The zero-order chi connectivity index (χ0) is 15.2. The van der Waals surface area contributed by atoms with Crippen LogP contribution < -0.4 is 0 Å². The van der Waals surface area contributed by atoms with Gasteiger partial charge in [-0.2, -0.15) is 0 Å². The molecule has 0 radical (unpaired) electrons. The van der Waals surface area contributed by atoms with Gasteiger partial charge >= 0.3 is 5.97 Å². The molecule has 0 bridgehead atoms. The number of pyridine rings is 1. The number of rotatable bonds is 5. The van der Waals surface area contributed by atoms with E-state index >= 15 is 0 Å². The fourth-order valence-corrected chi connectivity index (χ4v) is 2.48. The summed E-state index contributed by atoms with van der Waals surface area (Å²) in [5, 5.41) is 0. The maximum atomic E-state index is 12.0. The fourth-order valence-electron chi connectivity index (χ4n) is 2.48. The second-order valence-corrected chi connectivity index (χ2v) is 6.00. The Kier molecular flexibility index (Phi) is 5.70. The largest absolute Gasteiger partial charge is 0.459 e. The van der Waals surface area contributed by atoms with Gasteiger partial charge in [0.25, 0.3) is 0 Å². The van der Waals surface area contributed by atoms with Gasteiger partial charge in [-0.15, -0.1) is 0 Å². The first kappa shape index (κ1) is 15.9. The molecule has 116 valence electrons. The smallest absolute Gasteiger partial charge is 0.339 e. The zero-order valence-electron chi connectivity index (χ0n) is 13.0. The summed E-state index contributed by atoms with van der Waals surface area (Å²) in [7, 11) is 0. The fraction of sp³-hybridized carbons (Fsp3) is 0.625. The van der Waals surface area contributed by atoms with Crippen LogP contribution in [0.3, 0.4) is 0 Å². The van der Waals surface area contributed by atoms with Gasteiger partial charge < -0.3 is 9.47 Å². The van der Waals surface area contributed by atoms with Crippen molar-refractivity contribution in [2.75, 3.05) is 32.8 Å². The number of carbonyl (C=O) groups is 1. The Bertz CT molecular complexity index is 476. The molecule has 0 saturated carbocycles. The van der Waals surface area contributed by atoms with Crippen LogP contribution in [0.25, 0.3) is 0 Å². The normalized spacial score (nSPS) is 19.7. The molecule has 5 nitrogen and oxygen atoms in total. The van der Waals surface area contributed by atoms with E-state index in [2.05, 4.69) is 23.7 Å². The van der Waals surface area contributed by atoms with E-state index in [0.717, 1.165) is 25.2 Å². The van der Waals surface area contributed by atoms with Crippen LogP contribution in [0.4, 0.5) is 0 Å². The molecule has 1 aromatic rings. The molecule has 21 heavy (non-hydrogen) atoms. The highest BCUT2D eigenvalue weighted by Crippen LogP contribution is 2.10. The zero-order valence-corrected chi connectivity index (χ0v) is 13.0. The predicted octanol–water partition coefficient (Wildman–Crippen LogP) is 1.90. The van der Waals surface area contributed by atoms with Gasteiger partial charge in [0.15, 0.2) is 0 Å².